The molecule has 4 aliphatic rings. The van der Waals surface area contributed by atoms with Gasteiger partial charge in [0.2, 0.25) is 5.95 Å². The van der Waals surface area contributed by atoms with Crippen LogP contribution in [0.4, 0.5) is 5.95 Å². The van der Waals surface area contributed by atoms with Gasteiger partial charge < -0.3 is 10.2 Å². The number of allylic oxidation sites excluding steroid dienone is 5. The molecule has 2 bridgehead atoms. The number of hydrogen-bond acceptors (Lipinski definition) is 4. The van der Waals surface area contributed by atoms with Crippen LogP contribution < -0.4 is 5.32 Å². The first-order valence-electron chi connectivity index (χ1n) is 10.9. The number of fused-ring (bicyclic) bond motifs is 7. The SMILES string of the molecule is ClC1C=CC2=C3C[C@@](CN4CCC(Nc5ncccn5)CC4)(C2=C1)c1ccccc13. The highest BCUT2D eigenvalue weighted by Gasteiger charge is 2.52. The van der Waals surface area contributed by atoms with Crippen molar-refractivity contribution < 1.29 is 0 Å². The molecule has 1 unspecified atom stereocenters. The van der Waals surface area contributed by atoms with Crippen LogP contribution in [0.25, 0.3) is 5.57 Å². The zero-order valence-corrected chi connectivity index (χ0v) is 17.6. The van der Waals surface area contributed by atoms with Gasteiger partial charge in [-0.2, -0.15) is 0 Å². The normalized spacial score (nSPS) is 27.8. The molecule has 4 nitrogen and oxygen atoms in total. The molecule has 3 aliphatic carbocycles. The summed E-state index contributed by atoms with van der Waals surface area (Å²) in [5, 5.41) is 3.49. The van der Waals surface area contributed by atoms with Gasteiger partial charge in [-0.05, 0) is 53.2 Å². The van der Waals surface area contributed by atoms with Crippen LogP contribution in [0.1, 0.15) is 30.4 Å². The van der Waals surface area contributed by atoms with E-state index in [9.17, 15) is 0 Å². The second-order valence-electron chi connectivity index (χ2n) is 8.85. The number of benzene rings is 1. The molecule has 1 N–H and O–H groups in total. The smallest absolute Gasteiger partial charge is 0.222 e. The maximum Gasteiger partial charge on any atom is 0.222 e. The van der Waals surface area contributed by atoms with Gasteiger partial charge in [-0.25, -0.2) is 9.97 Å². The van der Waals surface area contributed by atoms with Crippen molar-refractivity contribution in [3.05, 3.63) is 83.2 Å². The molecule has 0 saturated carbocycles. The highest BCUT2D eigenvalue weighted by molar-refractivity contribution is 6.23. The zero-order valence-electron chi connectivity index (χ0n) is 16.9. The van der Waals surface area contributed by atoms with Crippen LogP contribution in [0.3, 0.4) is 0 Å². The predicted octanol–water partition coefficient (Wildman–Crippen LogP) is 4.57. The van der Waals surface area contributed by atoms with Gasteiger partial charge in [-0.1, -0.05) is 42.5 Å². The third kappa shape index (κ3) is 2.85. The van der Waals surface area contributed by atoms with Crippen LogP contribution in [-0.2, 0) is 5.41 Å². The topological polar surface area (TPSA) is 41.0 Å². The van der Waals surface area contributed by atoms with Crippen LogP contribution in [0.2, 0.25) is 0 Å². The van der Waals surface area contributed by atoms with Crippen molar-refractivity contribution in [2.24, 2.45) is 0 Å². The molecule has 1 aromatic carbocycles. The summed E-state index contributed by atoms with van der Waals surface area (Å²) in [6, 6.07) is 11.3. The van der Waals surface area contributed by atoms with Crippen molar-refractivity contribution in [1.82, 2.24) is 14.9 Å². The van der Waals surface area contributed by atoms with Gasteiger partial charge in [0.1, 0.15) is 0 Å². The van der Waals surface area contributed by atoms with Gasteiger partial charge in [-0.15, -0.1) is 11.6 Å². The minimum absolute atomic E-state index is 0.00598. The largest absolute Gasteiger partial charge is 0.351 e. The summed E-state index contributed by atoms with van der Waals surface area (Å²) in [7, 11) is 0. The monoisotopic (exact) mass is 416 g/mol. The van der Waals surface area contributed by atoms with Crippen molar-refractivity contribution in [2.45, 2.75) is 36.1 Å². The van der Waals surface area contributed by atoms with Crippen LogP contribution in [0, 0.1) is 0 Å². The Bertz CT molecular complexity index is 1070. The summed E-state index contributed by atoms with van der Waals surface area (Å²) in [5.74, 6) is 0.737. The molecule has 2 heterocycles. The van der Waals surface area contributed by atoms with Gasteiger partial charge >= 0.3 is 0 Å². The number of aromatic nitrogens is 2. The van der Waals surface area contributed by atoms with E-state index in [1.165, 1.54) is 27.8 Å². The summed E-state index contributed by atoms with van der Waals surface area (Å²) in [4.78, 5) is 11.3. The van der Waals surface area contributed by atoms with Crippen LogP contribution in [-0.4, -0.2) is 45.9 Å². The lowest BCUT2D eigenvalue weighted by Crippen LogP contribution is -2.46. The van der Waals surface area contributed by atoms with E-state index in [0.717, 1.165) is 44.8 Å². The first-order chi connectivity index (χ1) is 14.7. The third-order valence-electron chi connectivity index (χ3n) is 7.13. The Morgan fingerprint density at radius 3 is 2.73 bits per heavy atom. The molecular weight excluding hydrogens is 392 g/mol. The molecule has 1 aromatic heterocycles. The molecule has 1 saturated heterocycles. The fourth-order valence-electron chi connectivity index (χ4n) is 5.80. The number of alkyl halides is 1. The Kier molecular flexibility index (Phi) is 4.32. The third-order valence-corrected chi connectivity index (χ3v) is 7.40. The molecule has 152 valence electrons. The van der Waals surface area contributed by atoms with Crippen molar-refractivity contribution in [2.75, 3.05) is 25.0 Å². The van der Waals surface area contributed by atoms with E-state index in [1.807, 2.05) is 6.07 Å². The Balaban J connectivity index is 1.23. The lowest BCUT2D eigenvalue weighted by atomic mass is 9.72. The Labute approximate surface area is 182 Å². The van der Waals surface area contributed by atoms with Crippen molar-refractivity contribution in [3.8, 4) is 0 Å². The number of rotatable bonds is 4. The zero-order chi connectivity index (χ0) is 20.1. The van der Waals surface area contributed by atoms with E-state index < -0.39 is 0 Å². The van der Waals surface area contributed by atoms with Crippen molar-refractivity contribution in [1.29, 1.82) is 0 Å². The molecule has 0 spiro atoms. The first-order valence-corrected chi connectivity index (χ1v) is 11.3. The molecule has 6 rings (SSSR count). The summed E-state index contributed by atoms with van der Waals surface area (Å²) < 4.78 is 0. The molecule has 30 heavy (non-hydrogen) atoms. The van der Waals surface area contributed by atoms with Crippen molar-refractivity contribution in [3.63, 3.8) is 0 Å². The van der Waals surface area contributed by atoms with Crippen LogP contribution in [0.15, 0.2) is 72.1 Å². The highest BCUT2D eigenvalue weighted by atomic mass is 35.5. The fraction of sp³-hybridized carbons (Fsp3) is 0.360. The minimum atomic E-state index is -0.00598. The lowest BCUT2D eigenvalue weighted by molar-refractivity contribution is 0.187. The molecule has 1 aliphatic heterocycles. The average Bonchev–Trinajstić information content (AvgIpc) is 3.27. The number of nitrogens with one attached hydrogen (secondary N) is 1. The van der Waals surface area contributed by atoms with Gasteiger partial charge in [0.25, 0.3) is 0 Å². The summed E-state index contributed by atoms with van der Waals surface area (Å²) in [6.07, 6.45) is 13.6. The lowest BCUT2D eigenvalue weighted by Gasteiger charge is -2.41. The Morgan fingerprint density at radius 1 is 1.10 bits per heavy atom. The van der Waals surface area contributed by atoms with Gasteiger partial charge in [-0.3, -0.25) is 0 Å². The Morgan fingerprint density at radius 2 is 1.90 bits per heavy atom. The molecule has 0 radical (unpaired) electrons. The number of halogens is 1. The maximum atomic E-state index is 6.53. The number of anilines is 1. The average molecular weight is 417 g/mol. The second kappa shape index (κ2) is 7.07. The van der Waals surface area contributed by atoms with Crippen LogP contribution >= 0.6 is 11.6 Å². The van der Waals surface area contributed by atoms with Crippen LogP contribution in [0.5, 0.6) is 0 Å². The van der Waals surface area contributed by atoms with E-state index >= 15 is 0 Å². The van der Waals surface area contributed by atoms with E-state index in [4.69, 9.17) is 11.6 Å². The van der Waals surface area contributed by atoms with Gasteiger partial charge in [0.05, 0.1) is 5.38 Å². The summed E-state index contributed by atoms with van der Waals surface area (Å²) in [5.41, 5.74) is 7.38. The molecule has 1 fully saturated rings. The molecule has 5 heteroatoms. The summed E-state index contributed by atoms with van der Waals surface area (Å²) >= 11 is 6.53. The maximum absolute atomic E-state index is 6.53. The van der Waals surface area contributed by atoms with E-state index in [0.29, 0.717) is 6.04 Å². The van der Waals surface area contributed by atoms with E-state index in [-0.39, 0.29) is 10.8 Å². The highest BCUT2D eigenvalue weighted by Crippen LogP contribution is 2.60. The van der Waals surface area contributed by atoms with E-state index in [2.05, 4.69) is 62.7 Å². The van der Waals surface area contributed by atoms with Gasteiger partial charge in [0, 0.05) is 43.5 Å². The number of nitrogens with zero attached hydrogens (tertiary/aromatic N) is 3. The standard InChI is InChI=1S/C25H25ClN4/c26-17-6-7-20-21-15-25(23(20)14-17,22-5-2-1-4-19(21)22)16-30-12-8-18(9-13-30)29-24-27-10-3-11-28-24/h1-7,10-11,14,17-18H,8-9,12-13,15-16H2,(H,27,28,29)/t17?,25-/m0/s1. The molecular formula is C25H25ClN4. The fourth-order valence-corrected chi connectivity index (χ4v) is 6.00. The number of piperidine rings is 1. The first kappa shape index (κ1) is 18.3. The second-order valence-corrected chi connectivity index (χ2v) is 9.35. The molecule has 0 amide bonds. The summed E-state index contributed by atoms with van der Waals surface area (Å²) in [6.45, 7) is 3.24. The number of likely N-dealkylation sites (tertiary alicyclic amines) is 1. The predicted molar refractivity (Wildman–Crippen MR) is 122 cm³/mol. The van der Waals surface area contributed by atoms with Gasteiger partial charge in [0.15, 0.2) is 0 Å². The van der Waals surface area contributed by atoms with Crippen molar-refractivity contribution >= 4 is 23.1 Å². The Hall–Kier alpha value is -2.43. The molecule has 2 atom stereocenters. The number of hydrogen-bond donors (Lipinski definition) is 1. The van der Waals surface area contributed by atoms with E-state index in [1.54, 1.807) is 12.4 Å². The molecule has 2 aromatic rings. The quantitative estimate of drug-likeness (QED) is 0.741. The minimum Gasteiger partial charge on any atom is -0.351 e.